The summed E-state index contributed by atoms with van der Waals surface area (Å²) in [5.74, 6) is -0.210. The zero-order valence-corrected chi connectivity index (χ0v) is 15.3. The minimum Gasteiger partial charge on any atom is -0.196 e. The Balaban J connectivity index is 1.70. The Bertz CT molecular complexity index is 1230. The molecule has 1 aromatic heterocycles. The second-order valence-corrected chi connectivity index (χ2v) is 6.61. The van der Waals surface area contributed by atoms with Crippen LogP contribution < -0.4 is 0 Å². The normalized spacial score (nSPS) is 11.0. The molecule has 0 atom stereocenters. The Morgan fingerprint density at radius 1 is 0.821 bits per heavy atom. The fraction of sp³-hybridized carbons (Fsp3) is 0.0476. The van der Waals surface area contributed by atoms with E-state index in [2.05, 4.69) is 19.6 Å². The smallest absolute Gasteiger partial charge is 0.196 e. The van der Waals surface area contributed by atoms with Crippen LogP contribution in [0.5, 0.6) is 0 Å². The number of fused-ring (bicyclic) bond motifs is 1. The number of benzene rings is 3. The highest BCUT2D eigenvalue weighted by Crippen LogP contribution is 2.33. The van der Waals surface area contributed by atoms with Gasteiger partial charge < -0.3 is 0 Å². The van der Waals surface area contributed by atoms with Crippen LogP contribution in [0.1, 0.15) is 11.5 Å². The lowest BCUT2D eigenvalue weighted by Crippen LogP contribution is -1.93. The van der Waals surface area contributed by atoms with Crippen LogP contribution in [-0.2, 0) is 0 Å². The fourth-order valence-corrected chi connectivity index (χ4v) is 3.39. The molecule has 0 bridgehead atoms. The quantitative estimate of drug-likeness (QED) is 0.411. The molecule has 0 N–H and O–H groups in total. The zero-order chi connectivity index (χ0) is 19.3. The van der Waals surface area contributed by atoms with Gasteiger partial charge in [0, 0.05) is 22.5 Å². The summed E-state index contributed by atoms with van der Waals surface area (Å²) in [7, 11) is 0. The van der Waals surface area contributed by atoms with Gasteiger partial charge in [0.1, 0.15) is 0 Å². The number of hydrogen-bond donors (Lipinski definition) is 0. The first-order valence-electron chi connectivity index (χ1n) is 8.42. The summed E-state index contributed by atoms with van der Waals surface area (Å²) < 4.78 is 4.33. The zero-order valence-electron chi connectivity index (χ0n) is 14.5. The Morgan fingerprint density at radius 2 is 1.54 bits per heavy atom. The van der Waals surface area contributed by atoms with Crippen molar-refractivity contribution in [2.45, 2.75) is 5.92 Å². The van der Waals surface area contributed by atoms with Crippen molar-refractivity contribution in [3.05, 3.63) is 72.3 Å². The molecular weight excluding hydrogens is 368 g/mol. The van der Waals surface area contributed by atoms with Gasteiger partial charge in [-0.15, -0.1) is 10.2 Å². The second-order valence-electron chi connectivity index (χ2n) is 5.88. The Morgan fingerprint density at radius 3 is 2.29 bits per heavy atom. The van der Waals surface area contributed by atoms with E-state index in [1.165, 1.54) is 11.5 Å². The molecule has 3 aromatic carbocycles. The highest BCUT2D eigenvalue weighted by molar-refractivity contribution is 7.09. The first-order chi connectivity index (χ1) is 13.8. The van der Waals surface area contributed by atoms with Gasteiger partial charge in [-0.2, -0.15) is 19.9 Å². The van der Waals surface area contributed by atoms with Crippen LogP contribution >= 0.6 is 11.5 Å². The van der Waals surface area contributed by atoms with Crippen LogP contribution in [0.2, 0.25) is 0 Å². The van der Waals surface area contributed by atoms with Crippen LogP contribution in [0.15, 0.2) is 77.0 Å². The molecular formula is C21H12N6S. The van der Waals surface area contributed by atoms with Crippen molar-refractivity contribution in [3.63, 3.8) is 0 Å². The van der Waals surface area contributed by atoms with Crippen molar-refractivity contribution in [2.24, 2.45) is 10.2 Å². The standard InChI is InChI=1S/C21H12N6S/c22-12-15(13-23)16-10-11-19(18-9-5-4-8-17(16)18)25-26-21-24-20(27-28-21)14-6-2-1-3-7-14/h1-11,15H/b26-25-. The highest BCUT2D eigenvalue weighted by Gasteiger charge is 2.14. The predicted molar refractivity (Wildman–Crippen MR) is 107 cm³/mol. The van der Waals surface area contributed by atoms with Crippen molar-refractivity contribution in [2.75, 3.05) is 0 Å². The fourth-order valence-electron chi connectivity index (χ4n) is 2.87. The maximum Gasteiger partial charge on any atom is 0.249 e. The molecule has 4 rings (SSSR count). The van der Waals surface area contributed by atoms with Gasteiger partial charge in [0.2, 0.25) is 5.13 Å². The topological polar surface area (TPSA) is 98.1 Å². The van der Waals surface area contributed by atoms with Gasteiger partial charge in [0.15, 0.2) is 11.7 Å². The predicted octanol–water partition coefficient (Wildman–Crippen LogP) is 5.90. The molecule has 0 saturated carbocycles. The van der Waals surface area contributed by atoms with Crippen LogP contribution in [0.3, 0.4) is 0 Å². The van der Waals surface area contributed by atoms with Gasteiger partial charge in [0.05, 0.1) is 17.8 Å². The van der Waals surface area contributed by atoms with Crippen LogP contribution in [0.4, 0.5) is 10.8 Å². The third kappa shape index (κ3) is 3.35. The van der Waals surface area contributed by atoms with Crippen molar-refractivity contribution in [1.82, 2.24) is 9.36 Å². The van der Waals surface area contributed by atoms with Gasteiger partial charge in [-0.25, -0.2) is 0 Å². The molecule has 0 amide bonds. The lowest BCUT2D eigenvalue weighted by Gasteiger charge is -2.08. The van der Waals surface area contributed by atoms with E-state index in [9.17, 15) is 10.5 Å². The maximum absolute atomic E-state index is 9.23. The number of nitriles is 2. The summed E-state index contributed by atoms with van der Waals surface area (Å²) in [5.41, 5.74) is 2.24. The third-order valence-corrected chi connectivity index (χ3v) is 4.80. The molecule has 0 aliphatic carbocycles. The molecule has 0 fully saturated rings. The van der Waals surface area contributed by atoms with Crippen LogP contribution in [0.25, 0.3) is 22.2 Å². The summed E-state index contributed by atoms with van der Waals surface area (Å²) in [6.45, 7) is 0. The third-order valence-electron chi connectivity index (χ3n) is 4.19. The Hall–Kier alpha value is -3.94. The van der Waals surface area contributed by atoms with E-state index in [1.54, 1.807) is 12.1 Å². The number of aromatic nitrogens is 2. The van der Waals surface area contributed by atoms with Crippen molar-refractivity contribution >= 4 is 33.1 Å². The summed E-state index contributed by atoms with van der Waals surface area (Å²) >= 11 is 1.18. The van der Waals surface area contributed by atoms with E-state index in [1.807, 2.05) is 66.7 Å². The van der Waals surface area contributed by atoms with Gasteiger partial charge >= 0.3 is 0 Å². The monoisotopic (exact) mass is 380 g/mol. The Kier molecular flexibility index (Phi) is 4.83. The Labute approximate surface area is 165 Å². The molecule has 0 spiro atoms. The molecule has 0 saturated heterocycles. The molecule has 0 radical (unpaired) electrons. The van der Waals surface area contributed by atoms with Crippen LogP contribution in [-0.4, -0.2) is 9.36 Å². The molecule has 4 aromatic rings. The molecule has 0 aliphatic rings. The molecule has 28 heavy (non-hydrogen) atoms. The van der Waals surface area contributed by atoms with E-state index in [4.69, 9.17) is 0 Å². The van der Waals surface area contributed by atoms with Crippen molar-refractivity contribution < 1.29 is 0 Å². The molecule has 6 nitrogen and oxygen atoms in total. The lowest BCUT2D eigenvalue weighted by molar-refractivity contribution is 1.12. The van der Waals surface area contributed by atoms with Gasteiger partial charge in [-0.05, 0) is 17.0 Å². The first kappa shape index (κ1) is 17.5. The SMILES string of the molecule is N#CC(C#N)c1ccc(/N=N\c2nc(-c3ccccc3)ns2)c2ccccc12. The highest BCUT2D eigenvalue weighted by atomic mass is 32.1. The van der Waals surface area contributed by atoms with Crippen molar-refractivity contribution in [3.8, 4) is 23.5 Å². The largest absolute Gasteiger partial charge is 0.249 e. The molecule has 7 heteroatoms. The average molecular weight is 380 g/mol. The second kappa shape index (κ2) is 7.75. The summed E-state index contributed by atoms with van der Waals surface area (Å²) in [6.07, 6.45) is 0. The number of rotatable bonds is 4. The minimum absolute atomic E-state index is 0.457. The van der Waals surface area contributed by atoms with E-state index < -0.39 is 5.92 Å². The van der Waals surface area contributed by atoms with Gasteiger partial charge in [-0.3, -0.25) is 0 Å². The van der Waals surface area contributed by atoms with Crippen LogP contribution in [0, 0.1) is 22.7 Å². The van der Waals surface area contributed by atoms with E-state index >= 15 is 0 Å². The summed E-state index contributed by atoms with van der Waals surface area (Å²) in [5, 5.41) is 29.1. The molecule has 0 unspecified atom stereocenters. The van der Waals surface area contributed by atoms with Gasteiger partial charge in [-0.1, -0.05) is 60.7 Å². The first-order valence-corrected chi connectivity index (χ1v) is 9.19. The maximum atomic E-state index is 9.23. The number of nitrogens with zero attached hydrogens (tertiary/aromatic N) is 6. The minimum atomic E-state index is -0.826. The number of azo groups is 1. The molecule has 1 heterocycles. The number of hydrogen-bond acceptors (Lipinski definition) is 7. The molecule has 132 valence electrons. The van der Waals surface area contributed by atoms with Gasteiger partial charge in [0.25, 0.3) is 0 Å². The average Bonchev–Trinajstić information content (AvgIpc) is 3.23. The summed E-state index contributed by atoms with van der Waals surface area (Å²) in [6, 6.07) is 24.8. The lowest BCUT2D eigenvalue weighted by atomic mass is 9.94. The summed E-state index contributed by atoms with van der Waals surface area (Å²) in [4.78, 5) is 4.41. The van der Waals surface area contributed by atoms with E-state index in [0.717, 1.165) is 16.3 Å². The molecule has 0 aliphatic heterocycles. The van der Waals surface area contributed by atoms with E-state index in [0.29, 0.717) is 22.2 Å². The van der Waals surface area contributed by atoms with Crippen molar-refractivity contribution in [1.29, 1.82) is 10.5 Å². The van der Waals surface area contributed by atoms with E-state index in [-0.39, 0.29) is 0 Å².